The van der Waals surface area contributed by atoms with E-state index in [1.807, 2.05) is 12.1 Å². The Morgan fingerprint density at radius 2 is 1.74 bits per heavy atom. The standard InChI is InChI=1S/C19H22Cl2N2/c1-13-6-7-14(2)16(12-13)19(23-10-8-22-9-11-23)15-4-3-5-17(20)18(15)21/h3-7,12,19,22H,8-11H2,1-2H3. The lowest BCUT2D eigenvalue weighted by Gasteiger charge is -2.37. The number of halogens is 2. The third kappa shape index (κ3) is 3.56. The maximum absolute atomic E-state index is 6.57. The smallest absolute Gasteiger partial charge is 0.0643 e. The summed E-state index contributed by atoms with van der Waals surface area (Å²) in [6.07, 6.45) is 0. The second kappa shape index (κ2) is 7.23. The zero-order valence-corrected chi connectivity index (χ0v) is 15.1. The Morgan fingerprint density at radius 3 is 2.48 bits per heavy atom. The van der Waals surface area contributed by atoms with Gasteiger partial charge in [0.05, 0.1) is 16.1 Å². The van der Waals surface area contributed by atoms with Crippen LogP contribution in [0.15, 0.2) is 36.4 Å². The molecule has 2 aromatic rings. The molecule has 0 bridgehead atoms. The number of aryl methyl sites for hydroxylation is 2. The predicted octanol–water partition coefficient (Wildman–Crippen LogP) is 4.60. The number of benzene rings is 2. The second-order valence-electron chi connectivity index (χ2n) is 6.19. The molecule has 122 valence electrons. The van der Waals surface area contributed by atoms with Gasteiger partial charge in [-0.3, -0.25) is 4.90 Å². The summed E-state index contributed by atoms with van der Waals surface area (Å²) in [5.41, 5.74) is 4.96. The van der Waals surface area contributed by atoms with Crippen LogP contribution in [0.25, 0.3) is 0 Å². The van der Waals surface area contributed by atoms with Crippen LogP contribution in [0, 0.1) is 13.8 Å². The number of hydrogen-bond acceptors (Lipinski definition) is 2. The van der Waals surface area contributed by atoms with E-state index in [1.165, 1.54) is 16.7 Å². The van der Waals surface area contributed by atoms with E-state index < -0.39 is 0 Å². The minimum absolute atomic E-state index is 0.142. The van der Waals surface area contributed by atoms with Crippen LogP contribution in [0.4, 0.5) is 0 Å². The average molecular weight is 349 g/mol. The number of nitrogens with zero attached hydrogens (tertiary/aromatic N) is 1. The van der Waals surface area contributed by atoms with Crippen LogP contribution >= 0.6 is 23.2 Å². The Kier molecular flexibility index (Phi) is 5.27. The zero-order chi connectivity index (χ0) is 16.4. The van der Waals surface area contributed by atoms with Crippen molar-refractivity contribution in [2.75, 3.05) is 26.2 Å². The van der Waals surface area contributed by atoms with Gasteiger partial charge in [0.1, 0.15) is 0 Å². The first kappa shape index (κ1) is 16.8. The first-order chi connectivity index (χ1) is 11.1. The number of rotatable bonds is 3. The molecule has 2 nitrogen and oxygen atoms in total. The molecule has 0 aliphatic carbocycles. The largest absolute Gasteiger partial charge is 0.314 e. The highest BCUT2D eigenvalue weighted by Crippen LogP contribution is 2.38. The fourth-order valence-corrected chi connectivity index (χ4v) is 3.70. The van der Waals surface area contributed by atoms with Gasteiger partial charge in [-0.25, -0.2) is 0 Å². The number of piperazine rings is 1. The highest BCUT2D eigenvalue weighted by molar-refractivity contribution is 6.42. The van der Waals surface area contributed by atoms with Gasteiger partial charge in [0.15, 0.2) is 0 Å². The normalized spacial score (nSPS) is 17.2. The molecule has 23 heavy (non-hydrogen) atoms. The summed E-state index contributed by atoms with van der Waals surface area (Å²) < 4.78 is 0. The van der Waals surface area contributed by atoms with Gasteiger partial charge in [-0.05, 0) is 36.6 Å². The Morgan fingerprint density at radius 1 is 1.00 bits per heavy atom. The zero-order valence-electron chi connectivity index (χ0n) is 13.6. The lowest BCUT2D eigenvalue weighted by molar-refractivity contribution is 0.198. The highest BCUT2D eigenvalue weighted by atomic mass is 35.5. The van der Waals surface area contributed by atoms with E-state index >= 15 is 0 Å². The van der Waals surface area contributed by atoms with Crippen molar-refractivity contribution >= 4 is 23.2 Å². The van der Waals surface area contributed by atoms with Crippen molar-refractivity contribution in [1.29, 1.82) is 0 Å². The van der Waals surface area contributed by atoms with Gasteiger partial charge in [0, 0.05) is 26.2 Å². The first-order valence-corrected chi connectivity index (χ1v) is 8.79. The van der Waals surface area contributed by atoms with E-state index in [-0.39, 0.29) is 6.04 Å². The lowest BCUT2D eigenvalue weighted by Crippen LogP contribution is -2.45. The SMILES string of the molecule is Cc1ccc(C)c(C(c2cccc(Cl)c2Cl)N2CCNCC2)c1. The van der Waals surface area contributed by atoms with Crippen molar-refractivity contribution in [2.24, 2.45) is 0 Å². The first-order valence-electron chi connectivity index (χ1n) is 8.04. The molecule has 0 amide bonds. The van der Waals surface area contributed by atoms with Crippen LogP contribution in [0.3, 0.4) is 0 Å². The van der Waals surface area contributed by atoms with E-state index in [9.17, 15) is 0 Å². The van der Waals surface area contributed by atoms with Crippen molar-refractivity contribution in [3.05, 3.63) is 68.7 Å². The predicted molar refractivity (Wildman–Crippen MR) is 98.7 cm³/mol. The minimum atomic E-state index is 0.142. The highest BCUT2D eigenvalue weighted by Gasteiger charge is 2.27. The van der Waals surface area contributed by atoms with Crippen LogP contribution in [0.1, 0.15) is 28.3 Å². The van der Waals surface area contributed by atoms with Crippen LogP contribution in [-0.4, -0.2) is 31.1 Å². The molecular weight excluding hydrogens is 327 g/mol. The van der Waals surface area contributed by atoms with Crippen molar-refractivity contribution in [1.82, 2.24) is 10.2 Å². The molecule has 1 atom stereocenters. The molecule has 2 aromatic carbocycles. The third-order valence-electron chi connectivity index (χ3n) is 4.52. The second-order valence-corrected chi connectivity index (χ2v) is 6.98. The molecule has 0 spiro atoms. The van der Waals surface area contributed by atoms with E-state index in [0.29, 0.717) is 10.0 Å². The van der Waals surface area contributed by atoms with E-state index in [4.69, 9.17) is 23.2 Å². The number of hydrogen-bond donors (Lipinski definition) is 1. The molecule has 1 N–H and O–H groups in total. The summed E-state index contributed by atoms with van der Waals surface area (Å²) in [4.78, 5) is 2.50. The van der Waals surface area contributed by atoms with Crippen LogP contribution in [0.2, 0.25) is 10.0 Å². The molecule has 4 heteroatoms. The molecule has 1 saturated heterocycles. The third-order valence-corrected chi connectivity index (χ3v) is 5.36. The summed E-state index contributed by atoms with van der Waals surface area (Å²) in [5.74, 6) is 0. The number of nitrogens with one attached hydrogen (secondary N) is 1. The van der Waals surface area contributed by atoms with Gasteiger partial charge in [-0.15, -0.1) is 0 Å². The van der Waals surface area contributed by atoms with Crippen LogP contribution in [0.5, 0.6) is 0 Å². The van der Waals surface area contributed by atoms with Crippen molar-refractivity contribution in [3.8, 4) is 0 Å². The Balaban J connectivity index is 2.13. The van der Waals surface area contributed by atoms with Gasteiger partial charge < -0.3 is 5.32 Å². The van der Waals surface area contributed by atoms with Crippen molar-refractivity contribution in [3.63, 3.8) is 0 Å². The van der Waals surface area contributed by atoms with Gasteiger partial charge in [-0.2, -0.15) is 0 Å². The molecular formula is C19H22Cl2N2. The van der Waals surface area contributed by atoms with Gasteiger partial charge >= 0.3 is 0 Å². The molecule has 0 aromatic heterocycles. The van der Waals surface area contributed by atoms with Gasteiger partial charge in [0.25, 0.3) is 0 Å². The molecule has 1 fully saturated rings. The molecule has 1 aliphatic rings. The fourth-order valence-electron chi connectivity index (χ4n) is 3.29. The minimum Gasteiger partial charge on any atom is -0.314 e. The monoisotopic (exact) mass is 348 g/mol. The molecule has 3 rings (SSSR count). The summed E-state index contributed by atoms with van der Waals surface area (Å²) in [5, 5.41) is 4.71. The average Bonchev–Trinajstić information content (AvgIpc) is 2.56. The van der Waals surface area contributed by atoms with E-state index in [0.717, 1.165) is 31.7 Å². The Hall–Kier alpha value is -1.06. The Bertz CT molecular complexity index is 692. The van der Waals surface area contributed by atoms with Gasteiger partial charge in [-0.1, -0.05) is 59.1 Å². The summed E-state index contributed by atoms with van der Waals surface area (Å²) in [7, 11) is 0. The maximum atomic E-state index is 6.57. The van der Waals surface area contributed by atoms with Crippen LogP contribution in [-0.2, 0) is 0 Å². The maximum Gasteiger partial charge on any atom is 0.0643 e. The molecule has 1 aliphatic heterocycles. The van der Waals surface area contributed by atoms with E-state index in [2.05, 4.69) is 48.3 Å². The van der Waals surface area contributed by atoms with E-state index in [1.54, 1.807) is 0 Å². The Labute approximate surface area is 148 Å². The molecule has 0 radical (unpaired) electrons. The summed E-state index contributed by atoms with van der Waals surface area (Å²) >= 11 is 12.9. The molecule has 1 heterocycles. The molecule has 1 unspecified atom stereocenters. The topological polar surface area (TPSA) is 15.3 Å². The van der Waals surface area contributed by atoms with Crippen molar-refractivity contribution < 1.29 is 0 Å². The lowest BCUT2D eigenvalue weighted by atomic mass is 9.91. The fraction of sp³-hybridized carbons (Fsp3) is 0.368. The van der Waals surface area contributed by atoms with Crippen LogP contribution < -0.4 is 5.32 Å². The van der Waals surface area contributed by atoms with Crippen molar-refractivity contribution in [2.45, 2.75) is 19.9 Å². The molecule has 0 saturated carbocycles. The van der Waals surface area contributed by atoms with Gasteiger partial charge in [0.2, 0.25) is 0 Å². The quantitative estimate of drug-likeness (QED) is 0.871. The summed E-state index contributed by atoms with van der Waals surface area (Å²) in [6, 6.07) is 12.7. The summed E-state index contributed by atoms with van der Waals surface area (Å²) in [6.45, 7) is 8.31.